The van der Waals surface area contributed by atoms with Crippen LogP contribution < -0.4 is 5.32 Å². The van der Waals surface area contributed by atoms with Crippen molar-refractivity contribution in [2.24, 2.45) is 0 Å². The Morgan fingerprint density at radius 3 is 2.70 bits per heavy atom. The van der Waals surface area contributed by atoms with Gasteiger partial charge in [0.15, 0.2) is 0 Å². The summed E-state index contributed by atoms with van der Waals surface area (Å²) in [5.41, 5.74) is 5.44. The van der Waals surface area contributed by atoms with Crippen LogP contribution in [0, 0.1) is 12.7 Å². The van der Waals surface area contributed by atoms with Crippen LogP contribution in [0.3, 0.4) is 0 Å². The third-order valence-corrected chi connectivity index (χ3v) is 4.64. The fourth-order valence-electron chi connectivity index (χ4n) is 3.17. The second-order valence-corrected chi connectivity index (χ2v) is 6.38. The van der Waals surface area contributed by atoms with Gasteiger partial charge in [-0.3, -0.25) is 14.7 Å². The van der Waals surface area contributed by atoms with Crippen molar-refractivity contribution in [3.05, 3.63) is 78.1 Å². The van der Waals surface area contributed by atoms with E-state index in [9.17, 15) is 9.50 Å². The van der Waals surface area contributed by atoms with Crippen molar-refractivity contribution in [1.82, 2.24) is 19.7 Å². The summed E-state index contributed by atoms with van der Waals surface area (Å²) in [6.07, 6.45) is 4.48. The third kappa shape index (κ3) is 3.09. The Morgan fingerprint density at radius 2 is 1.93 bits per heavy atom. The SMILES string of the molecule is CN[C@H](O)c1cnc2ccc(-c3cccnc3-c3ccc(F)c(C)c3)cn12. The van der Waals surface area contributed by atoms with Gasteiger partial charge in [-0.25, -0.2) is 9.37 Å². The van der Waals surface area contributed by atoms with E-state index < -0.39 is 6.23 Å². The standard InChI is InChI=1S/C21H19FN4O/c1-13-10-14(5-7-17(13)22)20-16(4-3-9-24-20)15-6-8-19-25-11-18(21(27)23-2)26(19)12-15/h3-12,21,23,27H,1-2H3/t21-/m1/s1. The molecule has 0 spiro atoms. The molecule has 2 N–H and O–H groups in total. The summed E-state index contributed by atoms with van der Waals surface area (Å²) in [5, 5.41) is 13.0. The zero-order chi connectivity index (χ0) is 19.0. The number of aliphatic hydroxyl groups excluding tert-OH is 1. The second-order valence-electron chi connectivity index (χ2n) is 6.38. The van der Waals surface area contributed by atoms with Crippen LogP contribution >= 0.6 is 0 Å². The lowest BCUT2D eigenvalue weighted by Gasteiger charge is -2.12. The Kier molecular flexibility index (Phi) is 4.43. The van der Waals surface area contributed by atoms with E-state index in [1.165, 1.54) is 6.07 Å². The molecule has 0 saturated carbocycles. The maximum absolute atomic E-state index is 13.7. The van der Waals surface area contributed by atoms with Crippen LogP contribution in [-0.2, 0) is 0 Å². The van der Waals surface area contributed by atoms with Crippen molar-refractivity contribution in [2.45, 2.75) is 13.2 Å². The second kappa shape index (κ2) is 6.90. The number of fused-ring (bicyclic) bond motifs is 1. The lowest BCUT2D eigenvalue weighted by atomic mass is 9.99. The zero-order valence-corrected chi connectivity index (χ0v) is 15.0. The molecule has 0 unspecified atom stereocenters. The molecule has 4 aromatic rings. The minimum atomic E-state index is -0.816. The molecule has 27 heavy (non-hydrogen) atoms. The minimum Gasteiger partial charge on any atom is -0.373 e. The zero-order valence-electron chi connectivity index (χ0n) is 15.0. The number of rotatable bonds is 4. The summed E-state index contributed by atoms with van der Waals surface area (Å²) >= 11 is 0. The van der Waals surface area contributed by atoms with Crippen molar-refractivity contribution >= 4 is 5.65 Å². The lowest BCUT2D eigenvalue weighted by molar-refractivity contribution is 0.143. The molecule has 3 heterocycles. The van der Waals surface area contributed by atoms with E-state index in [2.05, 4.69) is 15.3 Å². The average molecular weight is 362 g/mol. The quantitative estimate of drug-likeness (QED) is 0.543. The molecule has 136 valence electrons. The smallest absolute Gasteiger partial charge is 0.147 e. The molecule has 0 aliphatic rings. The van der Waals surface area contributed by atoms with E-state index in [1.54, 1.807) is 38.5 Å². The Balaban J connectivity index is 1.88. The monoisotopic (exact) mass is 362 g/mol. The van der Waals surface area contributed by atoms with Gasteiger partial charge < -0.3 is 5.11 Å². The number of hydrogen-bond donors (Lipinski definition) is 2. The van der Waals surface area contributed by atoms with Gasteiger partial charge in [-0.15, -0.1) is 0 Å². The summed E-state index contributed by atoms with van der Waals surface area (Å²) in [4.78, 5) is 8.86. The summed E-state index contributed by atoms with van der Waals surface area (Å²) in [5.74, 6) is -0.234. The molecule has 0 radical (unpaired) electrons. The molecule has 1 aromatic carbocycles. The highest BCUT2D eigenvalue weighted by Crippen LogP contribution is 2.31. The minimum absolute atomic E-state index is 0.234. The largest absolute Gasteiger partial charge is 0.373 e. The van der Waals surface area contributed by atoms with Crippen molar-refractivity contribution in [3.8, 4) is 22.4 Å². The number of halogens is 1. The number of nitrogens with one attached hydrogen (secondary N) is 1. The van der Waals surface area contributed by atoms with Crippen LogP contribution in [0.15, 0.2) is 61.1 Å². The molecule has 0 aliphatic carbocycles. The van der Waals surface area contributed by atoms with Gasteiger partial charge in [0.1, 0.15) is 17.7 Å². The highest BCUT2D eigenvalue weighted by Gasteiger charge is 2.14. The number of aromatic nitrogens is 3. The number of aliphatic hydroxyl groups is 1. The molecular weight excluding hydrogens is 343 g/mol. The number of pyridine rings is 2. The molecule has 0 amide bonds. The van der Waals surface area contributed by atoms with Gasteiger partial charge >= 0.3 is 0 Å². The van der Waals surface area contributed by atoms with Crippen LogP contribution in [0.4, 0.5) is 4.39 Å². The molecule has 0 bridgehead atoms. The lowest BCUT2D eigenvalue weighted by Crippen LogP contribution is -2.17. The van der Waals surface area contributed by atoms with Crippen molar-refractivity contribution < 1.29 is 9.50 Å². The van der Waals surface area contributed by atoms with Gasteiger partial charge in [-0.2, -0.15) is 0 Å². The first kappa shape index (κ1) is 17.3. The van der Waals surface area contributed by atoms with E-state index in [0.29, 0.717) is 11.3 Å². The Labute approximate surface area is 156 Å². The van der Waals surface area contributed by atoms with Gasteiger partial charge in [0.2, 0.25) is 0 Å². The molecule has 4 rings (SSSR count). The Morgan fingerprint density at radius 1 is 1.11 bits per heavy atom. The van der Waals surface area contributed by atoms with Gasteiger partial charge in [-0.1, -0.05) is 6.07 Å². The van der Waals surface area contributed by atoms with Gasteiger partial charge in [0, 0.05) is 29.1 Å². The molecule has 3 aromatic heterocycles. The van der Waals surface area contributed by atoms with Crippen molar-refractivity contribution in [2.75, 3.05) is 7.05 Å². The topological polar surface area (TPSA) is 62.5 Å². The predicted octanol–water partition coefficient (Wildman–Crippen LogP) is 3.72. The predicted molar refractivity (Wildman–Crippen MR) is 103 cm³/mol. The van der Waals surface area contributed by atoms with E-state index in [-0.39, 0.29) is 5.82 Å². The number of nitrogens with zero attached hydrogens (tertiary/aromatic N) is 3. The van der Waals surface area contributed by atoms with Crippen LogP contribution in [-0.4, -0.2) is 26.5 Å². The van der Waals surface area contributed by atoms with Crippen LogP contribution in [0.5, 0.6) is 0 Å². The molecule has 0 fully saturated rings. The molecule has 0 aliphatic heterocycles. The maximum Gasteiger partial charge on any atom is 0.147 e. The molecule has 6 heteroatoms. The first-order chi connectivity index (χ1) is 13.1. The molecule has 5 nitrogen and oxygen atoms in total. The van der Waals surface area contributed by atoms with Crippen LogP contribution in [0.1, 0.15) is 17.5 Å². The van der Waals surface area contributed by atoms with Gasteiger partial charge in [-0.05, 0) is 55.9 Å². The average Bonchev–Trinajstić information content (AvgIpc) is 3.12. The van der Waals surface area contributed by atoms with Gasteiger partial charge in [0.05, 0.1) is 17.6 Å². The van der Waals surface area contributed by atoms with Crippen molar-refractivity contribution in [1.29, 1.82) is 0 Å². The Bertz CT molecular complexity index is 1120. The molecule has 0 saturated heterocycles. The first-order valence-electron chi connectivity index (χ1n) is 8.62. The van der Waals surface area contributed by atoms with Crippen molar-refractivity contribution in [3.63, 3.8) is 0 Å². The van der Waals surface area contributed by atoms with E-state index in [1.807, 2.05) is 34.9 Å². The number of benzene rings is 1. The highest BCUT2D eigenvalue weighted by molar-refractivity contribution is 5.81. The van der Waals surface area contributed by atoms with Crippen LogP contribution in [0.25, 0.3) is 28.0 Å². The third-order valence-electron chi connectivity index (χ3n) is 4.64. The normalized spacial score (nSPS) is 12.4. The fourth-order valence-corrected chi connectivity index (χ4v) is 3.17. The number of imidazole rings is 1. The number of aryl methyl sites for hydroxylation is 1. The summed E-state index contributed by atoms with van der Waals surface area (Å²) in [6.45, 7) is 1.74. The first-order valence-corrected chi connectivity index (χ1v) is 8.62. The maximum atomic E-state index is 13.7. The number of hydrogen-bond acceptors (Lipinski definition) is 4. The Hall–Kier alpha value is -3.09. The van der Waals surface area contributed by atoms with Crippen LogP contribution in [0.2, 0.25) is 0 Å². The molecule has 1 atom stereocenters. The summed E-state index contributed by atoms with van der Waals surface area (Å²) < 4.78 is 15.5. The fraction of sp³-hybridized carbons (Fsp3) is 0.143. The summed E-state index contributed by atoms with van der Waals surface area (Å²) in [6, 6.07) is 12.7. The van der Waals surface area contributed by atoms with E-state index in [0.717, 1.165) is 28.0 Å². The molecular formula is C21H19FN4O. The highest BCUT2D eigenvalue weighted by atomic mass is 19.1. The van der Waals surface area contributed by atoms with E-state index >= 15 is 0 Å². The van der Waals surface area contributed by atoms with E-state index in [4.69, 9.17) is 0 Å². The van der Waals surface area contributed by atoms with Gasteiger partial charge in [0.25, 0.3) is 0 Å². The summed E-state index contributed by atoms with van der Waals surface area (Å²) in [7, 11) is 1.68.